The van der Waals surface area contributed by atoms with Gasteiger partial charge < -0.3 is 20.9 Å². The molecule has 0 spiro atoms. The quantitative estimate of drug-likeness (QED) is 0.211. The Morgan fingerprint density at radius 3 is 2.35 bits per heavy atom. The Balaban J connectivity index is 1.52. The highest BCUT2D eigenvalue weighted by atomic mass is 35.5. The highest BCUT2D eigenvalue weighted by molar-refractivity contribution is 6.31. The molecule has 238 valence electrons. The van der Waals surface area contributed by atoms with Gasteiger partial charge in [-0.05, 0) is 50.1 Å². The van der Waals surface area contributed by atoms with Crippen LogP contribution < -0.4 is 16.4 Å². The summed E-state index contributed by atoms with van der Waals surface area (Å²) >= 11 is 6.50. The fraction of sp³-hybridized carbons (Fsp3) is 0.226. The summed E-state index contributed by atoms with van der Waals surface area (Å²) in [7, 11) is 1.17. The van der Waals surface area contributed by atoms with E-state index in [0.717, 1.165) is 11.1 Å². The Kier molecular flexibility index (Phi) is 8.74. The molecule has 2 aromatic carbocycles. The van der Waals surface area contributed by atoms with Gasteiger partial charge in [0.05, 0.1) is 36.6 Å². The SMILES string of the molecule is COC(=O)N(Cc1ccc(C(=O)OC(C)(C)C)cc1Cl)c1c(N)nc(-n2nc(Cc3ccccc3F)c3ncc(F)cc32)nc1N. The van der Waals surface area contributed by atoms with Crippen molar-refractivity contribution in [1.82, 2.24) is 24.7 Å². The van der Waals surface area contributed by atoms with Crippen LogP contribution in [0.4, 0.5) is 30.9 Å². The van der Waals surface area contributed by atoms with Crippen molar-refractivity contribution in [2.45, 2.75) is 39.3 Å². The Labute approximate surface area is 266 Å². The molecule has 0 aliphatic carbocycles. The van der Waals surface area contributed by atoms with E-state index in [2.05, 4.69) is 20.1 Å². The van der Waals surface area contributed by atoms with Crippen LogP contribution in [0.25, 0.3) is 17.0 Å². The van der Waals surface area contributed by atoms with E-state index in [1.165, 1.54) is 36.1 Å². The molecule has 0 unspecified atom stereocenters. The number of hydrogen-bond donors (Lipinski definition) is 2. The first-order chi connectivity index (χ1) is 21.8. The van der Waals surface area contributed by atoms with Crippen molar-refractivity contribution in [1.29, 1.82) is 0 Å². The number of rotatable bonds is 7. The molecule has 0 saturated carbocycles. The first-order valence-corrected chi connectivity index (χ1v) is 14.2. The molecule has 3 heterocycles. The predicted molar refractivity (Wildman–Crippen MR) is 168 cm³/mol. The molecule has 1 amide bonds. The van der Waals surface area contributed by atoms with Crippen molar-refractivity contribution in [3.63, 3.8) is 0 Å². The van der Waals surface area contributed by atoms with Crippen molar-refractivity contribution >= 4 is 52.0 Å². The molecule has 15 heteroatoms. The molecular formula is C31H29ClF2N8O4. The largest absolute Gasteiger partial charge is 0.456 e. The summed E-state index contributed by atoms with van der Waals surface area (Å²) in [5.74, 6) is -2.29. The third kappa shape index (κ3) is 6.66. The van der Waals surface area contributed by atoms with Crippen LogP contribution >= 0.6 is 11.6 Å². The summed E-state index contributed by atoms with van der Waals surface area (Å²) in [6.07, 6.45) is 0.206. The highest BCUT2D eigenvalue weighted by Crippen LogP contribution is 2.33. The molecule has 3 aromatic heterocycles. The number of amides is 1. The molecule has 0 radical (unpaired) electrons. The summed E-state index contributed by atoms with van der Waals surface area (Å²) in [6, 6.07) is 11.8. The average Bonchev–Trinajstić information content (AvgIpc) is 3.34. The van der Waals surface area contributed by atoms with E-state index in [9.17, 15) is 18.4 Å². The van der Waals surface area contributed by atoms with Crippen molar-refractivity contribution in [3.8, 4) is 5.95 Å². The third-order valence-electron chi connectivity index (χ3n) is 6.67. The fourth-order valence-corrected chi connectivity index (χ4v) is 4.87. The Morgan fingerprint density at radius 2 is 1.72 bits per heavy atom. The molecule has 0 aliphatic rings. The zero-order valence-corrected chi connectivity index (χ0v) is 26.0. The normalized spacial score (nSPS) is 11.5. The number of pyridine rings is 1. The number of nitrogens with two attached hydrogens (primary N) is 2. The number of esters is 1. The van der Waals surface area contributed by atoms with Crippen LogP contribution in [-0.4, -0.2) is 49.5 Å². The molecule has 0 fully saturated rings. The predicted octanol–water partition coefficient (Wildman–Crippen LogP) is 5.63. The van der Waals surface area contributed by atoms with Crippen LogP contribution in [0.1, 0.15) is 48.0 Å². The number of anilines is 3. The number of methoxy groups -OCH3 is 1. The molecule has 5 aromatic rings. The minimum absolute atomic E-state index is 0.0431. The number of aromatic nitrogens is 5. The molecule has 5 rings (SSSR count). The average molecular weight is 651 g/mol. The molecule has 0 atom stereocenters. The summed E-state index contributed by atoms with van der Waals surface area (Å²) < 4.78 is 40.3. The lowest BCUT2D eigenvalue weighted by molar-refractivity contribution is 0.00694. The van der Waals surface area contributed by atoms with Gasteiger partial charge in [0, 0.05) is 17.5 Å². The van der Waals surface area contributed by atoms with E-state index < -0.39 is 29.3 Å². The van der Waals surface area contributed by atoms with Crippen molar-refractivity contribution in [2.75, 3.05) is 23.5 Å². The van der Waals surface area contributed by atoms with Gasteiger partial charge in [-0.25, -0.2) is 23.4 Å². The van der Waals surface area contributed by atoms with Gasteiger partial charge in [0.2, 0.25) is 0 Å². The molecule has 4 N–H and O–H groups in total. The van der Waals surface area contributed by atoms with Crippen LogP contribution in [0, 0.1) is 11.6 Å². The number of hydrogen-bond acceptors (Lipinski definition) is 10. The topological polar surface area (TPSA) is 164 Å². The third-order valence-corrected chi connectivity index (χ3v) is 7.02. The molecule has 0 aliphatic heterocycles. The van der Waals surface area contributed by atoms with Gasteiger partial charge in [0.15, 0.2) is 11.6 Å². The van der Waals surface area contributed by atoms with E-state index >= 15 is 0 Å². The van der Waals surface area contributed by atoms with Crippen molar-refractivity contribution in [3.05, 3.63) is 93.8 Å². The molecule has 0 saturated heterocycles. The second-order valence-corrected chi connectivity index (χ2v) is 11.6. The van der Waals surface area contributed by atoms with Crippen LogP contribution in [0.5, 0.6) is 0 Å². The second kappa shape index (κ2) is 12.6. The fourth-order valence-electron chi connectivity index (χ4n) is 4.63. The smallest absolute Gasteiger partial charge is 0.414 e. The van der Waals surface area contributed by atoms with Gasteiger partial charge in [-0.1, -0.05) is 35.9 Å². The monoisotopic (exact) mass is 650 g/mol. The Bertz CT molecular complexity index is 1960. The molecule has 46 heavy (non-hydrogen) atoms. The summed E-state index contributed by atoms with van der Waals surface area (Å²) in [5.41, 5.74) is 13.6. The lowest BCUT2D eigenvalue weighted by atomic mass is 10.1. The van der Waals surface area contributed by atoms with Crippen LogP contribution in [0.3, 0.4) is 0 Å². The van der Waals surface area contributed by atoms with Gasteiger partial charge in [0.25, 0.3) is 5.95 Å². The minimum Gasteiger partial charge on any atom is -0.456 e. The first-order valence-electron chi connectivity index (χ1n) is 13.8. The van der Waals surface area contributed by atoms with E-state index in [-0.39, 0.29) is 57.9 Å². The summed E-state index contributed by atoms with van der Waals surface area (Å²) in [5, 5.41) is 4.65. The second-order valence-electron chi connectivity index (χ2n) is 11.2. The summed E-state index contributed by atoms with van der Waals surface area (Å²) in [4.78, 5) is 39.3. The number of carbonyl (C=O) groups excluding carboxylic acids is 2. The van der Waals surface area contributed by atoms with E-state index in [4.69, 9.17) is 32.5 Å². The number of halogens is 3. The first kappa shape index (κ1) is 32.0. The van der Waals surface area contributed by atoms with Crippen LogP contribution in [-0.2, 0) is 22.4 Å². The standard InChI is InChI=1S/C31H29ClF2N8O4/c1-31(2,3)46-28(43)17-9-10-18(20(32)11-17)15-41(30(44)45-4)25-26(35)38-29(39-27(25)36)42-23-13-19(33)14-37-24(23)22(40-42)12-16-7-5-6-8-21(16)34/h5-11,13-14H,12,15H2,1-4H3,(H4,35,36,38,39). The number of benzene rings is 2. The van der Waals surface area contributed by atoms with E-state index in [1.54, 1.807) is 45.0 Å². The molecule has 0 bridgehead atoms. The van der Waals surface area contributed by atoms with E-state index in [0.29, 0.717) is 16.8 Å². The van der Waals surface area contributed by atoms with Gasteiger partial charge >= 0.3 is 12.1 Å². The number of carbonyl (C=O) groups is 2. The van der Waals surface area contributed by atoms with Crippen molar-refractivity contribution < 1.29 is 27.8 Å². The maximum Gasteiger partial charge on any atom is 0.414 e. The van der Waals surface area contributed by atoms with Gasteiger partial charge in [-0.3, -0.25) is 4.90 Å². The van der Waals surface area contributed by atoms with Gasteiger partial charge in [-0.2, -0.15) is 19.7 Å². The summed E-state index contributed by atoms with van der Waals surface area (Å²) in [6.45, 7) is 5.04. The molecular weight excluding hydrogens is 622 g/mol. The van der Waals surface area contributed by atoms with Gasteiger partial charge in [0.1, 0.15) is 28.4 Å². The number of nitrogens with zero attached hydrogens (tertiary/aromatic N) is 6. The number of fused-ring (bicyclic) bond motifs is 1. The Morgan fingerprint density at radius 1 is 1.02 bits per heavy atom. The zero-order valence-electron chi connectivity index (χ0n) is 25.2. The number of nitrogen functional groups attached to an aromatic ring is 2. The highest BCUT2D eigenvalue weighted by Gasteiger charge is 2.27. The van der Waals surface area contributed by atoms with Gasteiger partial charge in [-0.15, -0.1) is 0 Å². The zero-order chi connectivity index (χ0) is 33.3. The number of ether oxygens (including phenoxy) is 2. The maximum absolute atomic E-state index is 14.4. The Hall–Kier alpha value is -5.37. The van der Waals surface area contributed by atoms with E-state index in [1.807, 2.05) is 0 Å². The lowest BCUT2D eigenvalue weighted by Crippen LogP contribution is -2.32. The maximum atomic E-state index is 14.4. The molecule has 12 nitrogen and oxygen atoms in total. The van der Waals surface area contributed by atoms with Crippen molar-refractivity contribution in [2.24, 2.45) is 0 Å². The lowest BCUT2D eigenvalue weighted by Gasteiger charge is -2.24. The van der Waals surface area contributed by atoms with Crippen LogP contribution in [0.15, 0.2) is 54.7 Å². The van der Waals surface area contributed by atoms with Crippen LogP contribution in [0.2, 0.25) is 5.02 Å². The minimum atomic E-state index is -0.856.